The van der Waals surface area contributed by atoms with Gasteiger partial charge >= 0.3 is 0 Å². The third-order valence-electron chi connectivity index (χ3n) is 4.88. The Labute approximate surface area is 155 Å². The first kappa shape index (κ1) is 17.2. The first-order valence-electron chi connectivity index (χ1n) is 8.58. The highest BCUT2D eigenvalue weighted by atomic mass is 16.6. The van der Waals surface area contributed by atoms with E-state index >= 15 is 0 Å². The largest absolute Gasteiger partial charge is 0.378 e. The zero-order valence-electron chi connectivity index (χ0n) is 14.7. The van der Waals surface area contributed by atoms with Crippen LogP contribution in [0.4, 0.5) is 17.1 Å². The molecule has 0 saturated carbocycles. The monoisotopic (exact) mass is 367 g/mol. The Morgan fingerprint density at radius 2 is 1.59 bits per heavy atom. The summed E-state index contributed by atoms with van der Waals surface area (Å²) in [5.41, 5.74) is 1.89. The molecule has 0 aromatic heterocycles. The maximum Gasteiger partial charge on any atom is 0.292 e. The van der Waals surface area contributed by atoms with Crippen molar-refractivity contribution < 1.29 is 19.2 Å². The van der Waals surface area contributed by atoms with E-state index in [1.165, 1.54) is 6.07 Å². The Morgan fingerprint density at radius 3 is 2.15 bits per heavy atom. The third-order valence-corrected chi connectivity index (χ3v) is 4.88. The number of anilines is 2. The summed E-state index contributed by atoms with van der Waals surface area (Å²) in [4.78, 5) is 39.7. The predicted octanol–water partition coefficient (Wildman–Crippen LogP) is 2.54. The number of fused-ring (bicyclic) bond motifs is 1. The number of ether oxygens (including phenoxy) is 1. The molecule has 27 heavy (non-hydrogen) atoms. The Kier molecular flexibility index (Phi) is 4.12. The number of nitro groups is 1. The van der Waals surface area contributed by atoms with E-state index in [9.17, 15) is 19.7 Å². The van der Waals surface area contributed by atoms with Gasteiger partial charge in [0.05, 0.1) is 35.0 Å². The lowest BCUT2D eigenvalue weighted by atomic mass is 10.1. The first-order chi connectivity index (χ1) is 13.0. The minimum Gasteiger partial charge on any atom is -0.378 e. The topological polar surface area (TPSA) is 93.0 Å². The van der Waals surface area contributed by atoms with E-state index in [-0.39, 0.29) is 5.69 Å². The molecule has 2 aromatic carbocycles. The fourth-order valence-corrected chi connectivity index (χ4v) is 3.52. The molecule has 8 heteroatoms. The number of aryl methyl sites for hydroxylation is 1. The van der Waals surface area contributed by atoms with Crippen LogP contribution in [0.3, 0.4) is 0 Å². The summed E-state index contributed by atoms with van der Waals surface area (Å²) in [7, 11) is 0. The van der Waals surface area contributed by atoms with Gasteiger partial charge in [-0.3, -0.25) is 19.7 Å². The number of imide groups is 1. The van der Waals surface area contributed by atoms with Crippen LogP contribution in [-0.2, 0) is 4.74 Å². The van der Waals surface area contributed by atoms with Crippen LogP contribution in [0, 0.1) is 17.0 Å². The molecule has 0 radical (unpaired) electrons. The number of carbonyl (C=O) groups excluding carboxylic acids is 2. The van der Waals surface area contributed by atoms with E-state index in [0.29, 0.717) is 54.4 Å². The third kappa shape index (κ3) is 2.74. The van der Waals surface area contributed by atoms with E-state index in [2.05, 4.69) is 0 Å². The molecule has 2 aliphatic heterocycles. The number of nitro benzene ring substituents is 1. The normalized spacial score (nSPS) is 16.6. The Morgan fingerprint density at radius 1 is 1.00 bits per heavy atom. The van der Waals surface area contributed by atoms with Crippen LogP contribution in [0.15, 0.2) is 36.4 Å². The van der Waals surface area contributed by atoms with Gasteiger partial charge in [-0.05, 0) is 30.7 Å². The van der Waals surface area contributed by atoms with Crippen molar-refractivity contribution >= 4 is 28.9 Å². The number of hydrogen-bond acceptors (Lipinski definition) is 6. The van der Waals surface area contributed by atoms with Gasteiger partial charge in [0, 0.05) is 19.2 Å². The second-order valence-electron chi connectivity index (χ2n) is 6.48. The lowest BCUT2D eigenvalue weighted by Gasteiger charge is -2.29. The van der Waals surface area contributed by atoms with Crippen LogP contribution in [0.25, 0.3) is 0 Å². The second-order valence-corrected chi connectivity index (χ2v) is 6.48. The summed E-state index contributed by atoms with van der Waals surface area (Å²) in [6.45, 7) is 3.60. The van der Waals surface area contributed by atoms with Crippen LogP contribution >= 0.6 is 0 Å². The number of hydrogen-bond donors (Lipinski definition) is 0. The van der Waals surface area contributed by atoms with E-state index < -0.39 is 16.7 Å². The van der Waals surface area contributed by atoms with Crippen molar-refractivity contribution in [1.82, 2.24) is 0 Å². The predicted molar refractivity (Wildman–Crippen MR) is 98.4 cm³/mol. The van der Waals surface area contributed by atoms with Crippen molar-refractivity contribution in [3.05, 3.63) is 63.2 Å². The van der Waals surface area contributed by atoms with Crippen LogP contribution in [-0.4, -0.2) is 43.0 Å². The molecular formula is C19H17N3O5. The Bertz CT molecular complexity index is 931. The molecule has 2 aliphatic rings. The van der Waals surface area contributed by atoms with Crippen LogP contribution in [0.2, 0.25) is 0 Å². The van der Waals surface area contributed by atoms with Gasteiger partial charge in [-0.15, -0.1) is 0 Å². The molecule has 138 valence electrons. The van der Waals surface area contributed by atoms with Crippen LogP contribution < -0.4 is 9.80 Å². The lowest BCUT2D eigenvalue weighted by molar-refractivity contribution is -0.384. The van der Waals surface area contributed by atoms with E-state index in [0.717, 1.165) is 4.90 Å². The maximum absolute atomic E-state index is 12.8. The highest BCUT2D eigenvalue weighted by molar-refractivity contribution is 6.34. The molecule has 0 N–H and O–H groups in total. The highest BCUT2D eigenvalue weighted by Crippen LogP contribution is 2.38. The summed E-state index contributed by atoms with van der Waals surface area (Å²) >= 11 is 0. The minimum atomic E-state index is -0.441. The zero-order chi connectivity index (χ0) is 19.1. The maximum atomic E-state index is 12.8. The molecule has 2 amide bonds. The van der Waals surface area contributed by atoms with Gasteiger partial charge in [-0.25, -0.2) is 4.90 Å². The summed E-state index contributed by atoms with van der Waals surface area (Å²) in [5.74, 6) is -0.832. The van der Waals surface area contributed by atoms with Gasteiger partial charge in [0.2, 0.25) is 0 Å². The number of carbonyl (C=O) groups is 2. The van der Waals surface area contributed by atoms with Gasteiger partial charge in [-0.2, -0.15) is 0 Å². The van der Waals surface area contributed by atoms with Crippen molar-refractivity contribution in [3.63, 3.8) is 0 Å². The quantitative estimate of drug-likeness (QED) is 0.470. The van der Waals surface area contributed by atoms with E-state index in [4.69, 9.17) is 4.74 Å². The number of benzene rings is 2. The molecule has 0 bridgehead atoms. The van der Waals surface area contributed by atoms with E-state index in [1.807, 2.05) is 4.90 Å². The van der Waals surface area contributed by atoms with E-state index in [1.54, 1.807) is 37.3 Å². The standard InChI is InChI=1S/C19H17N3O5/c1-12-10-17(22(25)26)16(20-6-8-27-9-7-20)11-15(12)21-18(23)13-4-2-3-5-14(13)19(21)24/h2-5,10-11H,6-9H2,1H3. The Balaban J connectivity index is 1.83. The minimum absolute atomic E-state index is 0.0465. The lowest BCUT2D eigenvalue weighted by Crippen LogP contribution is -2.37. The zero-order valence-corrected chi connectivity index (χ0v) is 14.7. The molecule has 0 aliphatic carbocycles. The molecule has 2 heterocycles. The number of rotatable bonds is 3. The van der Waals surface area contributed by atoms with Gasteiger partial charge < -0.3 is 9.64 Å². The van der Waals surface area contributed by atoms with Crippen molar-refractivity contribution in [2.24, 2.45) is 0 Å². The fourth-order valence-electron chi connectivity index (χ4n) is 3.52. The molecular weight excluding hydrogens is 350 g/mol. The molecule has 1 saturated heterocycles. The SMILES string of the molecule is Cc1cc([N+](=O)[O-])c(N2CCOCC2)cc1N1C(=O)c2ccccc2C1=O. The van der Waals surface area contributed by atoms with Crippen molar-refractivity contribution in [2.45, 2.75) is 6.92 Å². The van der Waals surface area contributed by atoms with Crippen molar-refractivity contribution in [3.8, 4) is 0 Å². The molecule has 0 atom stereocenters. The molecule has 0 spiro atoms. The van der Waals surface area contributed by atoms with Gasteiger partial charge in [0.1, 0.15) is 5.69 Å². The summed E-state index contributed by atoms with van der Waals surface area (Å²) in [6.07, 6.45) is 0. The number of morpholine rings is 1. The molecule has 0 unspecified atom stereocenters. The average molecular weight is 367 g/mol. The first-order valence-corrected chi connectivity index (χ1v) is 8.58. The summed E-state index contributed by atoms with van der Waals surface area (Å²) in [5, 5.41) is 11.6. The molecule has 4 rings (SSSR count). The summed E-state index contributed by atoms with van der Waals surface area (Å²) in [6, 6.07) is 9.62. The highest BCUT2D eigenvalue weighted by Gasteiger charge is 2.38. The van der Waals surface area contributed by atoms with Gasteiger partial charge in [0.15, 0.2) is 0 Å². The average Bonchev–Trinajstić information content (AvgIpc) is 2.93. The second kappa shape index (κ2) is 6.48. The fraction of sp³-hybridized carbons (Fsp3) is 0.263. The smallest absolute Gasteiger partial charge is 0.292 e. The molecule has 8 nitrogen and oxygen atoms in total. The van der Waals surface area contributed by atoms with Crippen LogP contribution in [0.5, 0.6) is 0 Å². The van der Waals surface area contributed by atoms with Gasteiger partial charge in [0.25, 0.3) is 17.5 Å². The van der Waals surface area contributed by atoms with Crippen molar-refractivity contribution in [1.29, 1.82) is 0 Å². The number of amides is 2. The number of nitrogens with zero attached hydrogens (tertiary/aromatic N) is 3. The van der Waals surface area contributed by atoms with Gasteiger partial charge in [-0.1, -0.05) is 12.1 Å². The Hall–Kier alpha value is -3.26. The van der Waals surface area contributed by atoms with Crippen LogP contribution in [0.1, 0.15) is 26.3 Å². The molecule has 2 aromatic rings. The summed E-state index contributed by atoms with van der Waals surface area (Å²) < 4.78 is 5.32. The van der Waals surface area contributed by atoms with Crippen molar-refractivity contribution in [2.75, 3.05) is 36.1 Å². The molecule has 1 fully saturated rings.